The molecule has 0 aliphatic carbocycles. The number of aliphatic hydroxyl groups is 1. The molecule has 5 nitrogen and oxygen atoms in total. The fraction of sp³-hybridized carbons (Fsp3) is 0.136. The zero-order chi connectivity index (χ0) is 18.5. The molecule has 0 saturated carbocycles. The van der Waals surface area contributed by atoms with Gasteiger partial charge in [-0.25, -0.2) is 0 Å². The van der Waals surface area contributed by atoms with Crippen molar-refractivity contribution in [2.75, 3.05) is 17.2 Å². The van der Waals surface area contributed by atoms with Crippen molar-refractivity contribution in [1.29, 1.82) is 0 Å². The molecule has 5 heteroatoms. The molecule has 0 amide bonds. The highest BCUT2D eigenvalue weighted by Gasteiger charge is 2.12. The molecule has 0 radical (unpaired) electrons. The minimum Gasteiger partial charge on any atom is -0.394 e. The number of nitrogens with one attached hydrogen (secondary N) is 3. The van der Waals surface area contributed by atoms with Crippen molar-refractivity contribution in [3.05, 3.63) is 84.8 Å². The Labute approximate surface area is 158 Å². The van der Waals surface area contributed by atoms with Gasteiger partial charge >= 0.3 is 0 Å². The molecular weight excluding hydrogens is 336 g/mol. The number of benzene rings is 2. The van der Waals surface area contributed by atoms with Crippen LogP contribution in [0.4, 0.5) is 17.1 Å². The van der Waals surface area contributed by atoms with Gasteiger partial charge in [-0.1, -0.05) is 18.2 Å². The highest BCUT2D eigenvalue weighted by molar-refractivity contribution is 5.83. The lowest BCUT2D eigenvalue weighted by atomic mass is 10.1. The standard InChI is InChI=1S/C22H22N4O/c27-15-20(13-16-14-24-22-4-2-1-3-21(16)22)26-18-7-5-17(6-8-18)25-19-9-11-23-12-10-19/h1-12,14,20,24,26-27H,13,15H2,(H,23,25). The van der Waals surface area contributed by atoms with Crippen LogP contribution in [0.15, 0.2) is 79.3 Å². The topological polar surface area (TPSA) is 73.0 Å². The molecule has 4 rings (SSSR count). The highest BCUT2D eigenvalue weighted by atomic mass is 16.3. The normalized spacial score (nSPS) is 12.0. The van der Waals surface area contributed by atoms with E-state index in [-0.39, 0.29) is 12.6 Å². The van der Waals surface area contributed by atoms with Crippen molar-refractivity contribution >= 4 is 28.0 Å². The number of para-hydroxylation sites is 1. The number of aromatic amines is 1. The summed E-state index contributed by atoms with van der Waals surface area (Å²) in [6, 6.07) is 20.1. The quantitative estimate of drug-likeness (QED) is 0.397. The minimum atomic E-state index is -0.0526. The molecule has 1 atom stereocenters. The largest absolute Gasteiger partial charge is 0.394 e. The second-order valence-corrected chi connectivity index (χ2v) is 6.53. The SMILES string of the molecule is OCC(Cc1c[nH]c2ccccc12)Nc1ccc(Nc2ccncc2)cc1. The molecule has 0 spiro atoms. The van der Waals surface area contributed by atoms with Crippen LogP contribution in [0.5, 0.6) is 0 Å². The van der Waals surface area contributed by atoms with E-state index in [2.05, 4.69) is 32.7 Å². The predicted octanol–water partition coefficient (Wildman–Crippen LogP) is 4.32. The molecule has 0 aliphatic heterocycles. The molecule has 27 heavy (non-hydrogen) atoms. The Morgan fingerprint density at radius 1 is 0.889 bits per heavy atom. The second-order valence-electron chi connectivity index (χ2n) is 6.53. The zero-order valence-electron chi connectivity index (χ0n) is 14.9. The summed E-state index contributed by atoms with van der Waals surface area (Å²) in [5.74, 6) is 0. The van der Waals surface area contributed by atoms with Crippen molar-refractivity contribution < 1.29 is 5.11 Å². The van der Waals surface area contributed by atoms with Crippen LogP contribution >= 0.6 is 0 Å². The number of rotatable bonds is 7. The summed E-state index contributed by atoms with van der Waals surface area (Å²) >= 11 is 0. The summed E-state index contributed by atoms with van der Waals surface area (Å²) in [4.78, 5) is 7.31. The summed E-state index contributed by atoms with van der Waals surface area (Å²) in [6.45, 7) is 0.0660. The second kappa shape index (κ2) is 7.93. The van der Waals surface area contributed by atoms with Gasteiger partial charge in [0, 0.05) is 46.6 Å². The molecule has 0 bridgehead atoms. The highest BCUT2D eigenvalue weighted by Crippen LogP contribution is 2.22. The number of anilines is 3. The van der Waals surface area contributed by atoms with Crippen LogP contribution in [0.1, 0.15) is 5.56 Å². The molecule has 136 valence electrons. The molecular formula is C22H22N4O. The Balaban J connectivity index is 1.42. The fourth-order valence-electron chi connectivity index (χ4n) is 3.21. The summed E-state index contributed by atoms with van der Waals surface area (Å²) in [6.07, 6.45) is 6.29. The number of nitrogens with zero attached hydrogens (tertiary/aromatic N) is 1. The number of hydrogen-bond acceptors (Lipinski definition) is 4. The van der Waals surface area contributed by atoms with Gasteiger partial charge in [-0.3, -0.25) is 4.98 Å². The van der Waals surface area contributed by atoms with Gasteiger partial charge in [-0.15, -0.1) is 0 Å². The Morgan fingerprint density at radius 2 is 1.59 bits per heavy atom. The van der Waals surface area contributed by atoms with Crippen LogP contribution in [0.2, 0.25) is 0 Å². The van der Waals surface area contributed by atoms with Gasteiger partial charge in [0.15, 0.2) is 0 Å². The van der Waals surface area contributed by atoms with Gasteiger partial charge < -0.3 is 20.7 Å². The third kappa shape index (κ3) is 4.10. The van der Waals surface area contributed by atoms with Gasteiger partial charge in [-0.05, 0) is 54.4 Å². The number of hydrogen-bond donors (Lipinski definition) is 4. The molecule has 0 fully saturated rings. The lowest BCUT2D eigenvalue weighted by molar-refractivity contribution is 0.274. The first kappa shape index (κ1) is 17.1. The van der Waals surface area contributed by atoms with Crippen molar-refractivity contribution in [2.45, 2.75) is 12.5 Å². The van der Waals surface area contributed by atoms with Gasteiger partial charge in [0.2, 0.25) is 0 Å². The average Bonchev–Trinajstić information content (AvgIpc) is 3.13. The van der Waals surface area contributed by atoms with Gasteiger partial charge in [0.1, 0.15) is 0 Å². The number of aromatic nitrogens is 2. The van der Waals surface area contributed by atoms with E-state index in [1.807, 2.05) is 54.7 Å². The molecule has 2 aromatic heterocycles. The Bertz CT molecular complexity index is 996. The van der Waals surface area contributed by atoms with Gasteiger partial charge in [-0.2, -0.15) is 0 Å². The molecule has 4 aromatic rings. The van der Waals surface area contributed by atoms with Crippen molar-refractivity contribution in [1.82, 2.24) is 9.97 Å². The first-order valence-electron chi connectivity index (χ1n) is 9.01. The Hall–Kier alpha value is -3.31. The van der Waals surface area contributed by atoms with E-state index in [0.29, 0.717) is 0 Å². The van der Waals surface area contributed by atoms with Crippen LogP contribution < -0.4 is 10.6 Å². The molecule has 0 saturated heterocycles. The zero-order valence-corrected chi connectivity index (χ0v) is 14.9. The third-order valence-corrected chi connectivity index (χ3v) is 4.59. The monoisotopic (exact) mass is 358 g/mol. The first-order chi connectivity index (χ1) is 13.3. The summed E-state index contributed by atoms with van der Waals surface area (Å²) in [7, 11) is 0. The average molecular weight is 358 g/mol. The summed E-state index contributed by atoms with van der Waals surface area (Å²) in [5, 5.41) is 17.8. The van der Waals surface area contributed by atoms with Crippen LogP contribution in [-0.4, -0.2) is 27.7 Å². The summed E-state index contributed by atoms with van der Waals surface area (Å²) in [5.41, 5.74) is 5.31. The molecule has 0 aliphatic rings. The van der Waals surface area contributed by atoms with Crippen LogP contribution in [0, 0.1) is 0 Å². The van der Waals surface area contributed by atoms with Crippen molar-refractivity contribution in [2.24, 2.45) is 0 Å². The number of aliphatic hydroxyl groups excluding tert-OH is 1. The molecule has 4 N–H and O–H groups in total. The van der Waals surface area contributed by atoms with E-state index in [1.54, 1.807) is 12.4 Å². The molecule has 1 unspecified atom stereocenters. The predicted molar refractivity (Wildman–Crippen MR) is 110 cm³/mol. The van der Waals surface area contributed by atoms with Crippen molar-refractivity contribution in [3.63, 3.8) is 0 Å². The fourth-order valence-corrected chi connectivity index (χ4v) is 3.21. The van der Waals surface area contributed by atoms with Crippen LogP contribution in [0.3, 0.4) is 0 Å². The van der Waals surface area contributed by atoms with Gasteiger partial charge in [0.05, 0.1) is 12.6 Å². The number of pyridine rings is 1. The summed E-state index contributed by atoms with van der Waals surface area (Å²) < 4.78 is 0. The third-order valence-electron chi connectivity index (χ3n) is 4.59. The number of H-pyrrole nitrogens is 1. The lowest BCUT2D eigenvalue weighted by Gasteiger charge is -2.18. The van der Waals surface area contributed by atoms with Crippen molar-refractivity contribution in [3.8, 4) is 0 Å². The van der Waals surface area contributed by atoms with Crippen LogP contribution in [0.25, 0.3) is 10.9 Å². The maximum Gasteiger partial charge on any atom is 0.0636 e. The van der Waals surface area contributed by atoms with Crippen LogP contribution in [-0.2, 0) is 6.42 Å². The maximum absolute atomic E-state index is 9.82. The minimum absolute atomic E-state index is 0.0526. The Kier molecular flexibility index (Phi) is 5.03. The van der Waals surface area contributed by atoms with E-state index in [1.165, 1.54) is 10.9 Å². The smallest absolute Gasteiger partial charge is 0.0636 e. The lowest BCUT2D eigenvalue weighted by Crippen LogP contribution is -2.26. The maximum atomic E-state index is 9.82. The van der Waals surface area contributed by atoms with E-state index < -0.39 is 0 Å². The number of fused-ring (bicyclic) bond motifs is 1. The van der Waals surface area contributed by atoms with E-state index in [9.17, 15) is 5.11 Å². The van der Waals surface area contributed by atoms with E-state index in [0.717, 1.165) is 29.0 Å². The first-order valence-corrected chi connectivity index (χ1v) is 9.01. The molecule has 2 heterocycles. The van der Waals surface area contributed by atoms with E-state index >= 15 is 0 Å². The van der Waals surface area contributed by atoms with E-state index in [4.69, 9.17) is 0 Å². The van der Waals surface area contributed by atoms with Gasteiger partial charge in [0.25, 0.3) is 0 Å². The molecule has 2 aromatic carbocycles. The Morgan fingerprint density at radius 3 is 2.37 bits per heavy atom.